The first-order valence-corrected chi connectivity index (χ1v) is 8.52. The van der Waals surface area contributed by atoms with Gasteiger partial charge in [-0.2, -0.15) is 0 Å². The lowest BCUT2D eigenvalue weighted by Gasteiger charge is -2.11. The summed E-state index contributed by atoms with van der Waals surface area (Å²) in [5.74, 6) is 0. The maximum Gasteiger partial charge on any atom is 0.261 e. The molecular formula is C15H14ClNO4S. The number of ether oxygens (including phenoxy) is 2. The fraction of sp³-hybridized carbons (Fsp3) is 0.200. The van der Waals surface area contributed by atoms with E-state index in [4.69, 9.17) is 21.1 Å². The Hall–Kier alpha value is -1.60. The lowest BCUT2D eigenvalue weighted by Crippen LogP contribution is -2.13. The first kappa shape index (κ1) is 15.3. The van der Waals surface area contributed by atoms with E-state index < -0.39 is 10.0 Å². The zero-order chi connectivity index (χ0) is 15.6. The fourth-order valence-corrected chi connectivity index (χ4v) is 3.47. The number of rotatable bonds is 4. The molecule has 1 aliphatic rings. The van der Waals surface area contributed by atoms with Crippen molar-refractivity contribution in [2.45, 2.75) is 11.2 Å². The molecule has 0 radical (unpaired) electrons. The molecule has 1 fully saturated rings. The van der Waals surface area contributed by atoms with Gasteiger partial charge < -0.3 is 9.47 Å². The molecule has 7 heteroatoms. The quantitative estimate of drug-likeness (QED) is 0.929. The third-order valence-corrected chi connectivity index (χ3v) is 4.78. The molecule has 1 saturated heterocycles. The molecule has 0 bridgehead atoms. The van der Waals surface area contributed by atoms with Crippen molar-refractivity contribution in [3.63, 3.8) is 0 Å². The molecule has 1 N–H and O–H groups in total. The maximum atomic E-state index is 12.3. The molecule has 0 saturated carbocycles. The average molecular weight is 340 g/mol. The van der Waals surface area contributed by atoms with Crippen molar-refractivity contribution in [2.75, 3.05) is 17.9 Å². The molecule has 116 valence electrons. The van der Waals surface area contributed by atoms with Crippen LogP contribution in [0.4, 0.5) is 5.69 Å². The maximum absolute atomic E-state index is 12.3. The molecule has 0 atom stereocenters. The molecular weight excluding hydrogens is 326 g/mol. The van der Waals surface area contributed by atoms with Crippen LogP contribution in [0.2, 0.25) is 5.02 Å². The van der Waals surface area contributed by atoms with Crippen LogP contribution < -0.4 is 4.72 Å². The second-order valence-electron chi connectivity index (χ2n) is 4.76. The van der Waals surface area contributed by atoms with Crippen molar-refractivity contribution in [3.05, 3.63) is 59.1 Å². The predicted octanol–water partition coefficient (Wildman–Crippen LogP) is 3.19. The van der Waals surface area contributed by atoms with Gasteiger partial charge in [-0.15, -0.1) is 0 Å². The Balaban J connectivity index is 1.77. The number of sulfonamides is 1. The van der Waals surface area contributed by atoms with Gasteiger partial charge in [0.05, 0.1) is 18.1 Å². The summed E-state index contributed by atoms with van der Waals surface area (Å²) in [4.78, 5) is 0.117. The smallest absolute Gasteiger partial charge is 0.261 e. The van der Waals surface area contributed by atoms with Crippen LogP contribution >= 0.6 is 11.6 Å². The number of nitrogens with one attached hydrogen (secondary N) is 1. The molecule has 3 rings (SSSR count). The van der Waals surface area contributed by atoms with Crippen LogP contribution in [0.25, 0.3) is 0 Å². The van der Waals surface area contributed by atoms with Gasteiger partial charge in [-0.05, 0) is 30.3 Å². The van der Waals surface area contributed by atoms with Crippen LogP contribution in [0, 0.1) is 0 Å². The summed E-state index contributed by atoms with van der Waals surface area (Å²) in [6, 6.07) is 13.0. The van der Waals surface area contributed by atoms with E-state index >= 15 is 0 Å². The topological polar surface area (TPSA) is 64.6 Å². The highest BCUT2D eigenvalue weighted by molar-refractivity contribution is 7.92. The molecule has 0 aliphatic carbocycles. The Bertz CT molecular complexity index is 755. The Morgan fingerprint density at radius 3 is 2.36 bits per heavy atom. The summed E-state index contributed by atoms with van der Waals surface area (Å²) in [5, 5.41) is 0.369. The predicted molar refractivity (Wildman–Crippen MR) is 83.3 cm³/mol. The molecule has 5 nitrogen and oxygen atoms in total. The molecule has 22 heavy (non-hydrogen) atoms. The molecule has 0 aromatic heterocycles. The first-order chi connectivity index (χ1) is 10.5. The monoisotopic (exact) mass is 339 g/mol. The minimum atomic E-state index is -3.66. The van der Waals surface area contributed by atoms with E-state index in [-0.39, 0.29) is 11.2 Å². The van der Waals surface area contributed by atoms with E-state index in [9.17, 15) is 8.42 Å². The van der Waals surface area contributed by atoms with Crippen molar-refractivity contribution in [1.29, 1.82) is 0 Å². The van der Waals surface area contributed by atoms with E-state index in [1.807, 2.05) is 0 Å². The van der Waals surface area contributed by atoms with Gasteiger partial charge in [-0.3, -0.25) is 4.72 Å². The standard InChI is InChI=1S/C15H14ClNO4S/c16-12-2-1-3-14(10-12)22(18,19)17-13-6-4-11(5-7-13)15-20-8-9-21-15/h1-7,10,15,17H,8-9H2. The molecule has 1 heterocycles. The summed E-state index contributed by atoms with van der Waals surface area (Å²) in [5.41, 5.74) is 1.31. The molecule has 1 aliphatic heterocycles. The highest BCUT2D eigenvalue weighted by Crippen LogP contribution is 2.25. The van der Waals surface area contributed by atoms with Crippen molar-refractivity contribution in [1.82, 2.24) is 0 Å². The number of anilines is 1. The van der Waals surface area contributed by atoms with Gasteiger partial charge in [0, 0.05) is 16.3 Å². The third kappa shape index (κ3) is 3.41. The summed E-state index contributed by atoms with van der Waals surface area (Å²) < 4.78 is 37.8. The minimum absolute atomic E-state index is 0.117. The van der Waals surface area contributed by atoms with Gasteiger partial charge in [0.2, 0.25) is 0 Å². The minimum Gasteiger partial charge on any atom is -0.346 e. The number of hydrogen-bond acceptors (Lipinski definition) is 4. The SMILES string of the molecule is O=S(=O)(Nc1ccc(C2OCCO2)cc1)c1cccc(Cl)c1. The van der Waals surface area contributed by atoms with Gasteiger partial charge in [-0.25, -0.2) is 8.42 Å². The van der Waals surface area contributed by atoms with Gasteiger partial charge in [0.25, 0.3) is 10.0 Å². The second-order valence-corrected chi connectivity index (χ2v) is 6.88. The molecule has 0 amide bonds. The summed E-state index contributed by atoms with van der Waals surface area (Å²) in [6.45, 7) is 1.13. The van der Waals surface area contributed by atoms with Crippen molar-refractivity contribution >= 4 is 27.3 Å². The van der Waals surface area contributed by atoms with Crippen LogP contribution in [0.3, 0.4) is 0 Å². The van der Waals surface area contributed by atoms with Crippen molar-refractivity contribution in [3.8, 4) is 0 Å². The normalized spacial score (nSPS) is 15.9. The summed E-state index contributed by atoms with van der Waals surface area (Å²) >= 11 is 5.83. The highest BCUT2D eigenvalue weighted by Gasteiger charge is 2.19. The van der Waals surface area contributed by atoms with Crippen LogP contribution in [0.1, 0.15) is 11.9 Å². The Morgan fingerprint density at radius 2 is 1.73 bits per heavy atom. The van der Waals surface area contributed by atoms with Crippen molar-refractivity contribution in [2.24, 2.45) is 0 Å². The van der Waals surface area contributed by atoms with Gasteiger partial charge in [0.15, 0.2) is 6.29 Å². The van der Waals surface area contributed by atoms with Crippen LogP contribution in [0.15, 0.2) is 53.4 Å². The summed E-state index contributed by atoms with van der Waals surface area (Å²) in [7, 11) is -3.66. The van der Waals surface area contributed by atoms with E-state index in [2.05, 4.69) is 4.72 Å². The van der Waals surface area contributed by atoms with E-state index in [1.165, 1.54) is 12.1 Å². The second kappa shape index (κ2) is 6.26. The Labute approximate surface area is 133 Å². The zero-order valence-corrected chi connectivity index (χ0v) is 13.1. The number of halogens is 1. The number of benzene rings is 2. The third-order valence-electron chi connectivity index (χ3n) is 3.16. The first-order valence-electron chi connectivity index (χ1n) is 6.66. The van der Waals surface area contributed by atoms with Crippen molar-refractivity contribution < 1.29 is 17.9 Å². The van der Waals surface area contributed by atoms with Crippen LogP contribution in [0.5, 0.6) is 0 Å². The van der Waals surface area contributed by atoms with E-state index in [0.29, 0.717) is 23.9 Å². The van der Waals surface area contributed by atoms with Gasteiger partial charge >= 0.3 is 0 Å². The molecule has 2 aromatic carbocycles. The lowest BCUT2D eigenvalue weighted by atomic mass is 10.2. The largest absolute Gasteiger partial charge is 0.346 e. The summed E-state index contributed by atoms with van der Waals surface area (Å²) in [6.07, 6.45) is -0.376. The molecule has 2 aromatic rings. The van der Waals surface area contributed by atoms with E-state index in [1.54, 1.807) is 36.4 Å². The van der Waals surface area contributed by atoms with E-state index in [0.717, 1.165) is 5.56 Å². The Kier molecular flexibility index (Phi) is 4.35. The van der Waals surface area contributed by atoms with Gasteiger partial charge in [-0.1, -0.05) is 29.8 Å². The highest BCUT2D eigenvalue weighted by atomic mass is 35.5. The lowest BCUT2D eigenvalue weighted by molar-refractivity contribution is -0.0441. The average Bonchev–Trinajstić information content (AvgIpc) is 3.02. The molecule has 0 unspecified atom stereocenters. The zero-order valence-electron chi connectivity index (χ0n) is 11.5. The molecule has 0 spiro atoms. The number of hydrogen-bond donors (Lipinski definition) is 1. The van der Waals surface area contributed by atoms with Gasteiger partial charge in [0.1, 0.15) is 0 Å². The fourth-order valence-electron chi connectivity index (χ4n) is 2.11. The Morgan fingerprint density at radius 1 is 1.05 bits per heavy atom. The van der Waals surface area contributed by atoms with Crippen LogP contribution in [-0.4, -0.2) is 21.6 Å². The van der Waals surface area contributed by atoms with Crippen LogP contribution in [-0.2, 0) is 19.5 Å².